The van der Waals surface area contributed by atoms with Gasteiger partial charge >= 0.3 is 0 Å². The van der Waals surface area contributed by atoms with Crippen molar-refractivity contribution in [3.63, 3.8) is 0 Å². The van der Waals surface area contributed by atoms with Crippen LogP contribution in [0.25, 0.3) is 0 Å². The minimum atomic E-state index is -0.194. The van der Waals surface area contributed by atoms with Crippen molar-refractivity contribution >= 4 is 17.3 Å². The summed E-state index contributed by atoms with van der Waals surface area (Å²) in [5.74, 6) is 0.616. The molecule has 0 fully saturated rings. The van der Waals surface area contributed by atoms with Crippen LogP contribution in [0.4, 0.5) is 4.39 Å². The molecule has 3 rings (SSSR count). The summed E-state index contributed by atoms with van der Waals surface area (Å²) in [6.07, 6.45) is 7.90. The first-order chi connectivity index (χ1) is 12.7. The molecule has 6 heteroatoms. The second-order valence-electron chi connectivity index (χ2n) is 6.59. The molecule has 140 valence electrons. The fraction of sp³-hybridized carbons (Fsp3) is 0.500. The van der Waals surface area contributed by atoms with E-state index in [1.165, 1.54) is 47.0 Å². The number of aromatic nitrogens is 1. The Labute approximate surface area is 159 Å². The van der Waals surface area contributed by atoms with Gasteiger partial charge in [0.2, 0.25) is 0 Å². The highest BCUT2D eigenvalue weighted by Gasteiger charge is 2.14. The monoisotopic (exact) mass is 374 g/mol. The quantitative estimate of drug-likeness (QED) is 0.443. The summed E-state index contributed by atoms with van der Waals surface area (Å²) in [6, 6.07) is 6.64. The van der Waals surface area contributed by atoms with Gasteiger partial charge in [-0.3, -0.25) is 4.99 Å². The largest absolute Gasteiger partial charge is 0.356 e. The van der Waals surface area contributed by atoms with E-state index in [1.54, 1.807) is 7.05 Å². The number of guanidine groups is 1. The van der Waals surface area contributed by atoms with Gasteiger partial charge in [-0.05, 0) is 56.2 Å². The molecule has 0 amide bonds. The van der Waals surface area contributed by atoms with Crippen molar-refractivity contribution in [3.8, 4) is 0 Å². The van der Waals surface area contributed by atoms with Gasteiger partial charge in [-0.25, -0.2) is 9.37 Å². The predicted octanol–water partition coefficient (Wildman–Crippen LogP) is 3.50. The van der Waals surface area contributed by atoms with Crippen LogP contribution in [0.3, 0.4) is 0 Å². The van der Waals surface area contributed by atoms with Crippen LogP contribution in [0.5, 0.6) is 0 Å². The molecule has 0 radical (unpaired) electrons. The van der Waals surface area contributed by atoms with Crippen molar-refractivity contribution in [2.75, 3.05) is 20.1 Å². The third-order valence-electron chi connectivity index (χ3n) is 4.59. The molecular weight excluding hydrogens is 347 g/mol. The van der Waals surface area contributed by atoms with E-state index in [2.05, 4.69) is 15.6 Å². The minimum absolute atomic E-state index is 0.194. The van der Waals surface area contributed by atoms with Crippen LogP contribution in [-0.2, 0) is 25.7 Å². The first-order valence-electron chi connectivity index (χ1n) is 9.41. The fourth-order valence-corrected chi connectivity index (χ4v) is 4.35. The number of nitrogens with zero attached hydrogens (tertiary/aromatic N) is 2. The van der Waals surface area contributed by atoms with E-state index in [1.807, 2.05) is 23.5 Å². The van der Waals surface area contributed by atoms with Gasteiger partial charge < -0.3 is 10.6 Å². The molecule has 0 bridgehead atoms. The SMILES string of the molecule is CN=C(NCCCc1nc2c(s1)CCCC2)NCCc1ccc(F)cc1. The highest BCUT2D eigenvalue weighted by molar-refractivity contribution is 7.11. The molecule has 1 aromatic carbocycles. The van der Waals surface area contributed by atoms with Crippen molar-refractivity contribution < 1.29 is 4.39 Å². The average molecular weight is 375 g/mol. The molecule has 2 N–H and O–H groups in total. The molecule has 26 heavy (non-hydrogen) atoms. The molecule has 0 aliphatic heterocycles. The minimum Gasteiger partial charge on any atom is -0.356 e. The molecule has 2 aromatic rings. The number of fused-ring (bicyclic) bond motifs is 1. The normalized spacial score (nSPS) is 14.2. The lowest BCUT2D eigenvalue weighted by molar-refractivity contribution is 0.626. The number of thiazole rings is 1. The molecule has 0 spiro atoms. The molecule has 0 atom stereocenters. The van der Waals surface area contributed by atoms with Crippen LogP contribution >= 0.6 is 11.3 Å². The van der Waals surface area contributed by atoms with Crippen molar-refractivity contribution in [1.82, 2.24) is 15.6 Å². The summed E-state index contributed by atoms with van der Waals surface area (Å²) < 4.78 is 12.9. The van der Waals surface area contributed by atoms with Crippen LogP contribution in [0.15, 0.2) is 29.3 Å². The van der Waals surface area contributed by atoms with Crippen LogP contribution in [-0.4, -0.2) is 31.1 Å². The van der Waals surface area contributed by atoms with Gasteiger partial charge in [-0.1, -0.05) is 12.1 Å². The highest BCUT2D eigenvalue weighted by Crippen LogP contribution is 2.27. The molecule has 0 saturated carbocycles. The number of aliphatic imine (C=N–C) groups is 1. The Balaban J connectivity index is 1.33. The number of aryl methyl sites for hydroxylation is 3. The number of benzene rings is 1. The zero-order chi connectivity index (χ0) is 18.2. The van der Waals surface area contributed by atoms with Crippen molar-refractivity contribution in [1.29, 1.82) is 0 Å². The van der Waals surface area contributed by atoms with E-state index in [0.717, 1.165) is 50.3 Å². The van der Waals surface area contributed by atoms with Crippen molar-refractivity contribution in [2.45, 2.75) is 44.9 Å². The van der Waals surface area contributed by atoms with E-state index < -0.39 is 0 Å². The number of halogens is 1. The average Bonchev–Trinajstić information content (AvgIpc) is 3.08. The summed E-state index contributed by atoms with van der Waals surface area (Å²) in [5, 5.41) is 7.93. The van der Waals surface area contributed by atoms with Crippen LogP contribution in [0.1, 0.15) is 40.4 Å². The van der Waals surface area contributed by atoms with Crippen LogP contribution in [0, 0.1) is 5.82 Å². The zero-order valence-electron chi connectivity index (χ0n) is 15.4. The molecule has 1 aliphatic rings. The van der Waals surface area contributed by atoms with E-state index in [0.29, 0.717) is 0 Å². The molecule has 0 saturated heterocycles. The maximum absolute atomic E-state index is 12.9. The third-order valence-corrected chi connectivity index (χ3v) is 5.81. The molecule has 0 unspecified atom stereocenters. The fourth-order valence-electron chi connectivity index (χ4n) is 3.16. The zero-order valence-corrected chi connectivity index (χ0v) is 16.2. The maximum Gasteiger partial charge on any atom is 0.190 e. The number of rotatable bonds is 7. The topological polar surface area (TPSA) is 49.3 Å². The van der Waals surface area contributed by atoms with Crippen molar-refractivity contribution in [3.05, 3.63) is 51.2 Å². The first kappa shape index (κ1) is 18.8. The Morgan fingerprint density at radius 1 is 1.12 bits per heavy atom. The second-order valence-corrected chi connectivity index (χ2v) is 7.76. The summed E-state index contributed by atoms with van der Waals surface area (Å²) in [6.45, 7) is 1.64. The van der Waals surface area contributed by atoms with E-state index in [9.17, 15) is 4.39 Å². The Morgan fingerprint density at radius 3 is 2.65 bits per heavy atom. The molecule has 1 heterocycles. The van der Waals surface area contributed by atoms with Gasteiger partial charge in [0.05, 0.1) is 10.7 Å². The third kappa shape index (κ3) is 5.53. The van der Waals surface area contributed by atoms with Gasteiger partial charge in [-0.15, -0.1) is 11.3 Å². The number of nitrogens with one attached hydrogen (secondary N) is 2. The summed E-state index contributed by atoms with van der Waals surface area (Å²) in [5.41, 5.74) is 2.46. The Kier molecular flexibility index (Phi) is 7.00. The lowest BCUT2D eigenvalue weighted by atomic mass is 10.0. The smallest absolute Gasteiger partial charge is 0.190 e. The molecule has 1 aromatic heterocycles. The van der Waals surface area contributed by atoms with Gasteiger partial charge in [0.15, 0.2) is 5.96 Å². The van der Waals surface area contributed by atoms with Gasteiger partial charge in [0, 0.05) is 31.4 Å². The first-order valence-corrected chi connectivity index (χ1v) is 10.2. The maximum atomic E-state index is 12.9. The number of hydrogen-bond acceptors (Lipinski definition) is 3. The summed E-state index contributed by atoms with van der Waals surface area (Å²) in [4.78, 5) is 10.6. The number of hydrogen-bond donors (Lipinski definition) is 2. The van der Waals surface area contributed by atoms with Crippen LogP contribution in [0.2, 0.25) is 0 Å². The second kappa shape index (κ2) is 9.67. The molecule has 4 nitrogen and oxygen atoms in total. The lowest BCUT2D eigenvalue weighted by Gasteiger charge is -2.11. The van der Waals surface area contributed by atoms with E-state index in [-0.39, 0.29) is 5.82 Å². The highest BCUT2D eigenvalue weighted by atomic mass is 32.1. The van der Waals surface area contributed by atoms with Gasteiger partial charge in [-0.2, -0.15) is 0 Å². The Bertz CT molecular complexity index is 700. The summed E-state index contributed by atoms with van der Waals surface area (Å²) in [7, 11) is 1.78. The standard InChI is InChI=1S/C20H27FN4S/c1-22-20(24-14-12-15-8-10-16(21)11-9-15)23-13-4-7-19-25-17-5-2-3-6-18(17)26-19/h8-11H,2-7,12-14H2,1H3,(H2,22,23,24). The Hall–Kier alpha value is -1.95. The van der Waals surface area contributed by atoms with Crippen LogP contribution < -0.4 is 10.6 Å². The van der Waals surface area contributed by atoms with E-state index >= 15 is 0 Å². The Morgan fingerprint density at radius 2 is 1.88 bits per heavy atom. The lowest BCUT2D eigenvalue weighted by Crippen LogP contribution is -2.38. The van der Waals surface area contributed by atoms with Gasteiger partial charge in [0.1, 0.15) is 5.82 Å². The van der Waals surface area contributed by atoms with E-state index in [4.69, 9.17) is 4.98 Å². The predicted molar refractivity (Wildman–Crippen MR) is 107 cm³/mol. The molecular formula is C20H27FN4S. The molecule has 1 aliphatic carbocycles. The van der Waals surface area contributed by atoms with Gasteiger partial charge in [0.25, 0.3) is 0 Å². The summed E-state index contributed by atoms with van der Waals surface area (Å²) >= 11 is 1.90. The van der Waals surface area contributed by atoms with Crippen molar-refractivity contribution in [2.24, 2.45) is 4.99 Å².